The third-order valence-electron chi connectivity index (χ3n) is 4.18. The van der Waals surface area contributed by atoms with Gasteiger partial charge in [0.1, 0.15) is 17.4 Å². The first-order valence-corrected chi connectivity index (χ1v) is 7.33. The standard InChI is InChI=1S/C16H21FN2O3/c1-19(2)13(11-5-7-12(17)8-6-11)14(20)18-16(15(21)22)9-3-4-10-16/h5-8,13H,3-4,9-10H2,1-2H3,(H,18,20)(H,21,22)/t13-/m1/s1. The molecule has 1 aliphatic rings. The Hall–Kier alpha value is -1.95. The predicted octanol–water partition coefficient (Wildman–Crippen LogP) is 1.94. The van der Waals surface area contributed by atoms with Crippen molar-refractivity contribution in [2.75, 3.05) is 14.1 Å². The SMILES string of the molecule is CN(C)[C@@H](C(=O)NC1(C(=O)O)CCCC1)c1ccc(F)cc1. The summed E-state index contributed by atoms with van der Waals surface area (Å²) in [5.74, 6) is -1.74. The molecule has 6 heteroatoms. The van der Waals surface area contributed by atoms with Gasteiger partial charge in [0, 0.05) is 0 Å². The van der Waals surface area contributed by atoms with Crippen LogP contribution in [0, 0.1) is 5.82 Å². The van der Waals surface area contributed by atoms with Crippen molar-refractivity contribution in [2.24, 2.45) is 0 Å². The molecule has 0 aliphatic heterocycles. The quantitative estimate of drug-likeness (QED) is 0.872. The first-order chi connectivity index (χ1) is 10.4. The average molecular weight is 308 g/mol. The van der Waals surface area contributed by atoms with Gasteiger partial charge in [-0.15, -0.1) is 0 Å². The van der Waals surface area contributed by atoms with E-state index in [1.807, 2.05) is 0 Å². The fourth-order valence-electron chi connectivity index (χ4n) is 3.00. The average Bonchev–Trinajstić information content (AvgIpc) is 2.90. The summed E-state index contributed by atoms with van der Waals surface area (Å²) in [5, 5.41) is 12.2. The zero-order valence-corrected chi connectivity index (χ0v) is 12.8. The monoisotopic (exact) mass is 308 g/mol. The van der Waals surface area contributed by atoms with Gasteiger partial charge >= 0.3 is 5.97 Å². The van der Waals surface area contributed by atoms with E-state index in [0.717, 1.165) is 12.8 Å². The van der Waals surface area contributed by atoms with E-state index in [-0.39, 0.29) is 11.7 Å². The molecule has 0 aromatic heterocycles. The van der Waals surface area contributed by atoms with Crippen LogP contribution < -0.4 is 5.32 Å². The van der Waals surface area contributed by atoms with Crippen LogP contribution in [0.4, 0.5) is 4.39 Å². The van der Waals surface area contributed by atoms with Gasteiger partial charge < -0.3 is 10.4 Å². The van der Waals surface area contributed by atoms with Gasteiger partial charge in [-0.05, 0) is 44.6 Å². The highest BCUT2D eigenvalue weighted by atomic mass is 19.1. The summed E-state index contributed by atoms with van der Waals surface area (Å²) in [4.78, 5) is 25.9. The number of carboxylic acids is 1. The molecular weight excluding hydrogens is 287 g/mol. The number of benzene rings is 1. The maximum Gasteiger partial charge on any atom is 0.329 e. The van der Waals surface area contributed by atoms with E-state index >= 15 is 0 Å². The normalized spacial score (nSPS) is 18.2. The van der Waals surface area contributed by atoms with Crippen LogP contribution in [0.3, 0.4) is 0 Å². The fraction of sp³-hybridized carbons (Fsp3) is 0.500. The number of halogens is 1. The molecule has 2 rings (SSSR count). The summed E-state index contributed by atoms with van der Waals surface area (Å²) in [6.45, 7) is 0. The molecule has 5 nitrogen and oxygen atoms in total. The van der Waals surface area contributed by atoms with Crippen molar-refractivity contribution in [2.45, 2.75) is 37.3 Å². The Bertz CT molecular complexity index is 551. The van der Waals surface area contributed by atoms with E-state index in [9.17, 15) is 19.1 Å². The number of nitrogens with zero attached hydrogens (tertiary/aromatic N) is 1. The maximum atomic E-state index is 13.1. The number of amides is 1. The number of rotatable bonds is 5. The molecule has 2 N–H and O–H groups in total. The van der Waals surface area contributed by atoms with Crippen molar-refractivity contribution in [3.8, 4) is 0 Å². The number of aliphatic carboxylic acids is 1. The molecule has 0 saturated heterocycles. The van der Waals surface area contributed by atoms with Gasteiger partial charge in [-0.1, -0.05) is 25.0 Å². The van der Waals surface area contributed by atoms with E-state index in [4.69, 9.17) is 0 Å². The number of carboxylic acid groups (broad SMARTS) is 1. The second kappa shape index (κ2) is 6.44. The summed E-state index contributed by atoms with van der Waals surface area (Å²) in [7, 11) is 3.46. The van der Waals surface area contributed by atoms with Crippen molar-refractivity contribution in [1.82, 2.24) is 10.2 Å². The van der Waals surface area contributed by atoms with Crippen molar-refractivity contribution in [1.29, 1.82) is 0 Å². The molecule has 120 valence electrons. The Morgan fingerprint density at radius 2 is 1.77 bits per heavy atom. The van der Waals surface area contributed by atoms with Gasteiger partial charge in [0.25, 0.3) is 0 Å². The minimum atomic E-state index is -1.18. The third-order valence-corrected chi connectivity index (χ3v) is 4.18. The van der Waals surface area contributed by atoms with E-state index in [2.05, 4.69) is 5.32 Å². The van der Waals surface area contributed by atoms with Crippen LogP contribution in [0.2, 0.25) is 0 Å². The summed E-state index contributed by atoms with van der Waals surface area (Å²) < 4.78 is 13.1. The Kier molecular flexibility index (Phi) is 4.81. The van der Waals surface area contributed by atoms with Crippen LogP contribution in [-0.2, 0) is 9.59 Å². The number of nitrogens with one attached hydrogen (secondary N) is 1. The van der Waals surface area contributed by atoms with Gasteiger partial charge in [0.15, 0.2) is 0 Å². The summed E-state index contributed by atoms with van der Waals surface area (Å²) >= 11 is 0. The number of hydrogen-bond acceptors (Lipinski definition) is 3. The van der Waals surface area contributed by atoms with Gasteiger partial charge in [-0.25, -0.2) is 9.18 Å². The van der Waals surface area contributed by atoms with E-state index in [1.165, 1.54) is 12.1 Å². The van der Waals surface area contributed by atoms with Crippen LogP contribution in [-0.4, -0.2) is 41.5 Å². The fourth-order valence-corrected chi connectivity index (χ4v) is 3.00. The van der Waals surface area contributed by atoms with Crippen molar-refractivity contribution in [3.05, 3.63) is 35.6 Å². The Balaban J connectivity index is 2.23. The Morgan fingerprint density at radius 3 is 2.23 bits per heavy atom. The maximum absolute atomic E-state index is 13.1. The molecule has 1 amide bonds. The Labute approximate surface area is 129 Å². The highest BCUT2D eigenvalue weighted by Gasteiger charge is 2.44. The van der Waals surface area contributed by atoms with E-state index in [1.54, 1.807) is 31.1 Å². The smallest absolute Gasteiger partial charge is 0.329 e. The molecule has 1 aliphatic carbocycles. The lowest BCUT2D eigenvalue weighted by Crippen LogP contribution is -2.55. The summed E-state index contributed by atoms with van der Waals surface area (Å²) in [6.07, 6.45) is 2.46. The molecular formula is C16H21FN2O3. The van der Waals surface area contributed by atoms with Crippen molar-refractivity contribution in [3.63, 3.8) is 0 Å². The van der Waals surface area contributed by atoms with Crippen LogP contribution in [0.5, 0.6) is 0 Å². The molecule has 1 fully saturated rings. The van der Waals surface area contributed by atoms with E-state index in [0.29, 0.717) is 18.4 Å². The predicted molar refractivity (Wildman–Crippen MR) is 79.8 cm³/mol. The van der Waals surface area contributed by atoms with Gasteiger partial charge in [-0.3, -0.25) is 9.69 Å². The lowest BCUT2D eigenvalue weighted by Gasteiger charge is -2.30. The topological polar surface area (TPSA) is 69.6 Å². The summed E-state index contributed by atoms with van der Waals surface area (Å²) in [5.41, 5.74) is -0.548. The van der Waals surface area contributed by atoms with E-state index < -0.39 is 17.6 Å². The third kappa shape index (κ3) is 3.27. The zero-order chi connectivity index (χ0) is 16.3. The number of carbonyl (C=O) groups excluding carboxylic acids is 1. The van der Waals surface area contributed by atoms with Gasteiger partial charge in [0.2, 0.25) is 5.91 Å². The molecule has 1 saturated carbocycles. The lowest BCUT2D eigenvalue weighted by atomic mass is 9.96. The highest BCUT2D eigenvalue weighted by molar-refractivity contribution is 5.90. The Morgan fingerprint density at radius 1 is 1.23 bits per heavy atom. The number of likely N-dealkylation sites (N-methyl/N-ethyl adjacent to an activating group) is 1. The molecule has 0 radical (unpaired) electrons. The van der Waals surface area contributed by atoms with Crippen molar-refractivity contribution < 1.29 is 19.1 Å². The molecule has 0 heterocycles. The zero-order valence-electron chi connectivity index (χ0n) is 12.8. The lowest BCUT2D eigenvalue weighted by molar-refractivity contribution is -0.148. The molecule has 0 spiro atoms. The largest absolute Gasteiger partial charge is 0.480 e. The molecule has 1 aromatic rings. The highest BCUT2D eigenvalue weighted by Crippen LogP contribution is 2.31. The first-order valence-electron chi connectivity index (χ1n) is 7.33. The minimum Gasteiger partial charge on any atom is -0.480 e. The summed E-state index contributed by atoms with van der Waals surface area (Å²) in [6, 6.07) is 5.02. The van der Waals surface area contributed by atoms with Crippen LogP contribution in [0.1, 0.15) is 37.3 Å². The molecule has 0 bridgehead atoms. The van der Waals surface area contributed by atoms with Gasteiger partial charge in [0.05, 0.1) is 0 Å². The molecule has 1 atom stereocenters. The minimum absolute atomic E-state index is 0.374. The molecule has 0 unspecified atom stereocenters. The van der Waals surface area contributed by atoms with Gasteiger partial charge in [-0.2, -0.15) is 0 Å². The molecule has 1 aromatic carbocycles. The van der Waals surface area contributed by atoms with Crippen LogP contribution in [0.15, 0.2) is 24.3 Å². The first kappa shape index (κ1) is 16.4. The second-order valence-electron chi connectivity index (χ2n) is 6.00. The van der Waals surface area contributed by atoms with Crippen LogP contribution >= 0.6 is 0 Å². The second-order valence-corrected chi connectivity index (χ2v) is 6.00. The van der Waals surface area contributed by atoms with Crippen molar-refractivity contribution >= 4 is 11.9 Å². The number of carbonyl (C=O) groups is 2. The number of hydrogen-bond donors (Lipinski definition) is 2. The molecule has 22 heavy (non-hydrogen) atoms. The van der Waals surface area contributed by atoms with Crippen LogP contribution in [0.25, 0.3) is 0 Å².